The topological polar surface area (TPSA) is 115 Å². The van der Waals surface area contributed by atoms with Gasteiger partial charge in [-0.05, 0) is 0 Å². The SMILES string of the molecule is Nc1cn[nH]c1C(=O)N1CC(O)C(O)C1. The van der Waals surface area contributed by atoms with Gasteiger partial charge < -0.3 is 20.8 Å². The van der Waals surface area contributed by atoms with Crippen molar-refractivity contribution in [2.24, 2.45) is 0 Å². The van der Waals surface area contributed by atoms with Crippen LogP contribution < -0.4 is 5.73 Å². The lowest BCUT2D eigenvalue weighted by Gasteiger charge is -2.13. The second-order valence-electron chi connectivity index (χ2n) is 3.55. The number of aliphatic hydroxyl groups excluding tert-OH is 2. The van der Waals surface area contributed by atoms with Gasteiger partial charge >= 0.3 is 0 Å². The number of amides is 1. The lowest BCUT2D eigenvalue weighted by Crippen LogP contribution is -2.30. The summed E-state index contributed by atoms with van der Waals surface area (Å²) in [5, 5.41) is 24.7. The van der Waals surface area contributed by atoms with Gasteiger partial charge in [-0.25, -0.2) is 0 Å². The Morgan fingerprint density at radius 1 is 1.53 bits per heavy atom. The molecule has 2 rings (SSSR count). The lowest BCUT2D eigenvalue weighted by molar-refractivity contribution is 0.0572. The molecule has 7 heteroatoms. The van der Waals surface area contributed by atoms with Crippen LogP contribution in [0, 0.1) is 0 Å². The molecule has 1 fully saturated rings. The molecule has 0 bridgehead atoms. The number of hydrogen-bond acceptors (Lipinski definition) is 5. The Morgan fingerprint density at radius 3 is 2.60 bits per heavy atom. The molecule has 82 valence electrons. The molecule has 0 aliphatic carbocycles. The summed E-state index contributed by atoms with van der Waals surface area (Å²) in [7, 11) is 0. The molecule has 1 aromatic heterocycles. The Bertz CT molecular complexity index is 368. The van der Waals surface area contributed by atoms with Gasteiger partial charge in [-0.15, -0.1) is 0 Å². The van der Waals surface area contributed by atoms with Crippen molar-refractivity contribution >= 4 is 11.6 Å². The first kappa shape index (κ1) is 9.94. The summed E-state index contributed by atoms with van der Waals surface area (Å²) in [5.74, 6) is -0.361. The number of nitrogens with two attached hydrogens (primary N) is 1. The van der Waals surface area contributed by atoms with Crippen LogP contribution in [0.3, 0.4) is 0 Å². The van der Waals surface area contributed by atoms with E-state index < -0.39 is 12.2 Å². The van der Waals surface area contributed by atoms with Gasteiger partial charge in [0.25, 0.3) is 5.91 Å². The summed E-state index contributed by atoms with van der Waals surface area (Å²) in [6, 6.07) is 0. The van der Waals surface area contributed by atoms with E-state index in [0.717, 1.165) is 0 Å². The van der Waals surface area contributed by atoms with Crippen molar-refractivity contribution in [1.82, 2.24) is 15.1 Å². The van der Waals surface area contributed by atoms with Gasteiger partial charge in [0.2, 0.25) is 0 Å². The van der Waals surface area contributed by atoms with Crippen molar-refractivity contribution in [2.45, 2.75) is 12.2 Å². The first-order valence-electron chi connectivity index (χ1n) is 4.54. The molecule has 1 saturated heterocycles. The molecule has 2 unspecified atom stereocenters. The highest BCUT2D eigenvalue weighted by Crippen LogP contribution is 2.15. The van der Waals surface area contributed by atoms with Crippen LogP contribution in [0.25, 0.3) is 0 Å². The predicted molar refractivity (Wildman–Crippen MR) is 50.9 cm³/mol. The molecular formula is C8H12N4O3. The number of nitrogens with one attached hydrogen (secondary N) is 1. The number of hydrogen-bond donors (Lipinski definition) is 4. The fourth-order valence-corrected chi connectivity index (χ4v) is 1.56. The summed E-state index contributed by atoms with van der Waals surface area (Å²) in [5.41, 5.74) is 5.96. The Labute approximate surface area is 85.5 Å². The van der Waals surface area contributed by atoms with E-state index in [2.05, 4.69) is 10.2 Å². The summed E-state index contributed by atoms with van der Waals surface area (Å²) in [6.07, 6.45) is -0.438. The van der Waals surface area contributed by atoms with Crippen LogP contribution in [0.5, 0.6) is 0 Å². The van der Waals surface area contributed by atoms with E-state index in [4.69, 9.17) is 5.73 Å². The zero-order valence-electron chi connectivity index (χ0n) is 7.92. The highest BCUT2D eigenvalue weighted by atomic mass is 16.3. The monoisotopic (exact) mass is 212 g/mol. The first-order chi connectivity index (χ1) is 7.09. The third-order valence-electron chi connectivity index (χ3n) is 2.43. The predicted octanol–water partition coefficient (Wildman–Crippen LogP) is -1.83. The third kappa shape index (κ3) is 1.66. The molecule has 0 spiro atoms. The molecule has 1 aromatic rings. The van der Waals surface area contributed by atoms with E-state index in [9.17, 15) is 15.0 Å². The molecule has 0 radical (unpaired) electrons. The van der Waals surface area contributed by atoms with Gasteiger partial charge in [0.15, 0.2) is 0 Å². The smallest absolute Gasteiger partial charge is 0.274 e. The maximum absolute atomic E-state index is 11.8. The number of nitrogen functional groups attached to an aromatic ring is 1. The van der Waals surface area contributed by atoms with Crippen LogP contribution >= 0.6 is 0 Å². The largest absolute Gasteiger partial charge is 0.396 e. The molecule has 7 nitrogen and oxygen atoms in total. The van der Waals surface area contributed by atoms with E-state index in [1.54, 1.807) is 0 Å². The normalized spacial score (nSPS) is 25.9. The Balaban J connectivity index is 2.13. The number of aromatic amines is 1. The summed E-state index contributed by atoms with van der Waals surface area (Å²) >= 11 is 0. The minimum absolute atomic E-state index is 0.110. The number of nitrogens with zero attached hydrogens (tertiary/aromatic N) is 2. The molecule has 0 saturated carbocycles. The standard InChI is InChI=1S/C8H12N4O3/c9-4-1-10-11-7(4)8(15)12-2-5(13)6(14)3-12/h1,5-6,13-14H,2-3,9H2,(H,10,11). The Hall–Kier alpha value is -1.60. The molecular weight excluding hydrogens is 200 g/mol. The lowest BCUT2D eigenvalue weighted by atomic mass is 10.3. The fraction of sp³-hybridized carbons (Fsp3) is 0.500. The van der Waals surface area contributed by atoms with E-state index in [1.165, 1.54) is 11.1 Å². The maximum Gasteiger partial charge on any atom is 0.274 e. The number of anilines is 1. The zero-order valence-corrected chi connectivity index (χ0v) is 7.92. The Morgan fingerprint density at radius 2 is 2.13 bits per heavy atom. The summed E-state index contributed by atoms with van der Waals surface area (Å²) in [6.45, 7) is 0.219. The summed E-state index contributed by atoms with van der Waals surface area (Å²) < 4.78 is 0. The average Bonchev–Trinajstić information content (AvgIpc) is 2.74. The van der Waals surface area contributed by atoms with Crippen molar-refractivity contribution in [3.63, 3.8) is 0 Å². The molecule has 2 heterocycles. The molecule has 5 N–H and O–H groups in total. The van der Waals surface area contributed by atoms with Gasteiger partial charge in [0, 0.05) is 13.1 Å². The van der Waals surface area contributed by atoms with Crippen LogP contribution in [-0.2, 0) is 0 Å². The number of carbonyl (C=O) groups is 1. The molecule has 1 aliphatic heterocycles. The Kier molecular flexibility index (Phi) is 2.33. The molecule has 2 atom stereocenters. The molecule has 1 amide bonds. The van der Waals surface area contributed by atoms with Crippen molar-refractivity contribution in [3.8, 4) is 0 Å². The van der Waals surface area contributed by atoms with Crippen molar-refractivity contribution in [1.29, 1.82) is 0 Å². The first-order valence-corrected chi connectivity index (χ1v) is 4.54. The van der Waals surface area contributed by atoms with Gasteiger partial charge in [-0.2, -0.15) is 5.10 Å². The van der Waals surface area contributed by atoms with Gasteiger partial charge in [0.1, 0.15) is 5.69 Å². The van der Waals surface area contributed by atoms with E-state index >= 15 is 0 Å². The van der Waals surface area contributed by atoms with Crippen molar-refractivity contribution < 1.29 is 15.0 Å². The van der Waals surface area contributed by atoms with Crippen LogP contribution in [-0.4, -0.2) is 56.5 Å². The van der Waals surface area contributed by atoms with Crippen molar-refractivity contribution in [2.75, 3.05) is 18.8 Å². The maximum atomic E-state index is 11.8. The van der Waals surface area contributed by atoms with Crippen LogP contribution in [0.15, 0.2) is 6.20 Å². The van der Waals surface area contributed by atoms with Gasteiger partial charge in [0.05, 0.1) is 24.1 Å². The number of β-amino-alcohol motifs (C(OH)–C–C–N with tert-alkyl or cyclic N) is 2. The van der Waals surface area contributed by atoms with Crippen LogP contribution in [0.4, 0.5) is 5.69 Å². The summed E-state index contributed by atoms with van der Waals surface area (Å²) in [4.78, 5) is 13.1. The van der Waals surface area contributed by atoms with Gasteiger partial charge in [-0.1, -0.05) is 0 Å². The third-order valence-corrected chi connectivity index (χ3v) is 2.43. The fourth-order valence-electron chi connectivity index (χ4n) is 1.56. The minimum Gasteiger partial charge on any atom is -0.396 e. The number of rotatable bonds is 1. The quantitative estimate of drug-likeness (QED) is 0.437. The van der Waals surface area contributed by atoms with Crippen LogP contribution in [0.1, 0.15) is 10.5 Å². The highest BCUT2D eigenvalue weighted by molar-refractivity contribution is 5.97. The van der Waals surface area contributed by atoms with Crippen LogP contribution in [0.2, 0.25) is 0 Å². The number of likely N-dealkylation sites (tertiary alicyclic amines) is 1. The van der Waals surface area contributed by atoms with Crippen molar-refractivity contribution in [3.05, 3.63) is 11.9 Å². The highest BCUT2D eigenvalue weighted by Gasteiger charge is 2.33. The number of H-pyrrole nitrogens is 1. The van der Waals surface area contributed by atoms with Gasteiger partial charge in [-0.3, -0.25) is 9.89 Å². The molecule has 1 aliphatic rings. The number of carbonyl (C=O) groups excluding carboxylic acids is 1. The molecule has 0 aromatic carbocycles. The molecule has 15 heavy (non-hydrogen) atoms. The average molecular weight is 212 g/mol. The number of aliphatic hydroxyl groups is 2. The van der Waals surface area contributed by atoms with E-state index in [1.807, 2.05) is 0 Å². The van der Waals surface area contributed by atoms with E-state index in [-0.39, 0.29) is 30.4 Å². The second-order valence-corrected chi connectivity index (χ2v) is 3.55. The zero-order chi connectivity index (χ0) is 11.0. The number of aromatic nitrogens is 2. The second kappa shape index (κ2) is 3.52. The minimum atomic E-state index is -0.891. The van der Waals surface area contributed by atoms with E-state index in [0.29, 0.717) is 0 Å².